The maximum atomic E-state index is 12.2. The normalized spacial score (nSPS) is 11.6. The molecular formula is C10H14F2N2O. The Hall–Kier alpha value is -1.39. The molecule has 0 saturated heterocycles. The van der Waals surface area contributed by atoms with Gasteiger partial charge in [-0.2, -0.15) is 5.10 Å². The largest absolute Gasteiger partial charge is 0.504 e. The molecule has 0 aliphatic heterocycles. The lowest BCUT2D eigenvalue weighted by molar-refractivity contribution is 0.121. The second-order valence-corrected chi connectivity index (χ2v) is 3.20. The number of aryl methyl sites for hydroxylation is 1. The molecule has 0 aliphatic carbocycles. The van der Waals surface area contributed by atoms with E-state index in [9.17, 15) is 8.78 Å². The lowest BCUT2D eigenvalue weighted by Gasteiger charge is -2.02. The summed E-state index contributed by atoms with van der Waals surface area (Å²) in [6.07, 6.45) is 0.839. The topological polar surface area (TPSA) is 27.1 Å². The highest BCUT2D eigenvalue weighted by Gasteiger charge is 2.12. The zero-order valence-corrected chi connectivity index (χ0v) is 9.00. The van der Waals surface area contributed by atoms with Crippen LogP contribution in [-0.4, -0.2) is 23.3 Å². The standard InChI is InChI=1S/C10H14F2N2O/c1-7-9(4-5-15-3)8(2)14(13-7)6-10(11)12/h4-5,10H,6H2,1-3H3. The average molecular weight is 216 g/mol. The van der Waals surface area contributed by atoms with Crippen molar-refractivity contribution >= 4 is 6.08 Å². The summed E-state index contributed by atoms with van der Waals surface area (Å²) < 4.78 is 30.5. The van der Waals surface area contributed by atoms with Crippen LogP contribution in [0.25, 0.3) is 6.08 Å². The highest BCUT2D eigenvalue weighted by atomic mass is 19.3. The van der Waals surface area contributed by atoms with Crippen LogP contribution in [-0.2, 0) is 11.3 Å². The summed E-state index contributed by atoms with van der Waals surface area (Å²) in [6.45, 7) is 3.18. The summed E-state index contributed by atoms with van der Waals surface area (Å²) in [6, 6.07) is 0. The molecule has 1 heterocycles. The van der Waals surface area contributed by atoms with E-state index in [1.54, 1.807) is 19.9 Å². The van der Waals surface area contributed by atoms with E-state index in [2.05, 4.69) is 5.10 Å². The first kappa shape index (κ1) is 11.7. The molecule has 0 unspecified atom stereocenters. The van der Waals surface area contributed by atoms with E-state index in [1.165, 1.54) is 18.1 Å². The highest BCUT2D eigenvalue weighted by molar-refractivity contribution is 5.53. The number of rotatable bonds is 4. The van der Waals surface area contributed by atoms with Gasteiger partial charge in [-0.15, -0.1) is 0 Å². The van der Waals surface area contributed by atoms with E-state index in [-0.39, 0.29) is 6.54 Å². The molecule has 0 saturated carbocycles. The van der Waals surface area contributed by atoms with Gasteiger partial charge in [-0.3, -0.25) is 4.68 Å². The molecule has 1 aromatic heterocycles. The van der Waals surface area contributed by atoms with Gasteiger partial charge in [-0.05, 0) is 19.9 Å². The third-order valence-corrected chi connectivity index (χ3v) is 2.12. The molecule has 3 nitrogen and oxygen atoms in total. The number of alkyl halides is 2. The number of aromatic nitrogens is 2. The minimum absolute atomic E-state index is 0.368. The summed E-state index contributed by atoms with van der Waals surface area (Å²) in [5.41, 5.74) is 2.28. The quantitative estimate of drug-likeness (QED) is 0.722. The highest BCUT2D eigenvalue weighted by Crippen LogP contribution is 2.15. The van der Waals surface area contributed by atoms with Crippen molar-refractivity contribution in [1.82, 2.24) is 9.78 Å². The zero-order chi connectivity index (χ0) is 11.4. The molecule has 0 fully saturated rings. The van der Waals surface area contributed by atoms with Crippen LogP contribution in [0.3, 0.4) is 0 Å². The molecule has 0 atom stereocenters. The van der Waals surface area contributed by atoms with E-state index in [0.29, 0.717) is 0 Å². The summed E-state index contributed by atoms with van der Waals surface area (Å²) in [5, 5.41) is 4.03. The van der Waals surface area contributed by atoms with E-state index in [1.807, 2.05) is 0 Å². The van der Waals surface area contributed by atoms with Crippen LogP contribution in [0.4, 0.5) is 8.78 Å². The van der Waals surface area contributed by atoms with Gasteiger partial charge in [0.05, 0.1) is 19.1 Å². The fraction of sp³-hybridized carbons (Fsp3) is 0.500. The summed E-state index contributed by atoms with van der Waals surface area (Å²) in [7, 11) is 1.53. The Morgan fingerprint density at radius 2 is 2.13 bits per heavy atom. The predicted molar refractivity (Wildman–Crippen MR) is 53.7 cm³/mol. The first-order chi connectivity index (χ1) is 7.06. The van der Waals surface area contributed by atoms with Crippen molar-refractivity contribution in [3.63, 3.8) is 0 Å². The summed E-state index contributed by atoms with van der Waals surface area (Å²) in [4.78, 5) is 0. The summed E-state index contributed by atoms with van der Waals surface area (Å²) >= 11 is 0. The number of hydrogen-bond donors (Lipinski definition) is 0. The van der Waals surface area contributed by atoms with Crippen molar-refractivity contribution in [2.24, 2.45) is 0 Å². The van der Waals surface area contributed by atoms with E-state index in [0.717, 1.165) is 17.0 Å². The number of hydrogen-bond acceptors (Lipinski definition) is 2. The molecule has 0 amide bonds. The van der Waals surface area contributed by atoms with Crippen molar-refractivity contribution in [3.8, 4) is 0 Å². The first-order valence-electron chi connectivity index (χ1n) is 4.57. The Labute approximate surface area is 87.3 Å². The van der Waals surface area contributed by atoms with Gasteiger partial charge in [-0.25, -0.2) is 8.78 Å². The molecule has 0 aliphatic rings. The van der Waals surface area contributed by atoms with Crippen molar-refractivity contribution in [3.05, 3.63) is 23.2 Å². The van der Waals surface area contributed by atoms with Gasteiger partial charge in [0.15, 0.2) is 0 Å². The second-order valence-electron chi connectivity index (χ2n) is 3.20. The zero-order valence-electron chi connectivity index (χ0n) is 9.00. The maximum Gasteiger partial charge on any atom is 0.257 e. The third-order valence-electron chi connectivity index (χ3n) is 2.12. The van der Waals surface area contributed by atoms with Crippen molar-refractivity contribution in [2.75, 3.05) is 7.11 Å². The van der Waals surface area contributed by atoms with E-state index >= 15 is 0 Å². The Morgan fingerprint density at radius 3 is 2.67 bits per heavy atom. The van der Waals surface area contributed by atoms with Crippen molar-refractivity contribution in [2.45, 2.75) is 26.8 Å². The number of methoxy groups -OCH3 is 1. The van der Waals surface area contributed by atoms with Crippen LogP contribution in [0.15, 0.2) is 6.26 Å². The molecule has 1 aromatic rings. The van der Waals surface area contributed by atoms with E-state index < -0.39 is 6.43 Å². The van der Waals surface area contributed by atoms with Gasteiger partial charge in [0, 0.05) is 11.3 Å². The average Bonchev–Trinajstić information content (AvgIpc) is 2.39. The predicted octanol–water partition coefficient (Wildman–Crippen LogP) is 2.38. The van der Waals surface area contributed by atoms with Gasteiger partial charge in [0.1, 0.15) is 6.54 Å². The van der Waals surface area contributed by atoms with Gasteiger partial charge in [0.25, 0.3) is 6.43 Å². The minimum Gasteiger partial charge on any atom is -0.504 e. The smallest absolute Gasteiger partial charge is 0.257 e. The fourth-order valence-electron chi connectivity index (χ4n) is 1.40. The van der Waals surface area contributed by atoms with Crippen LogP contribution < -0.4 is 0 Å². The first-order valence-corrected chi connectivity index (χ1v) is 4.57. The SMILES string of the molecule is COC=Cc1c(C)nn(CC(F)F)c1C. The minimum atomic E-state index is -2.39. The molecule has 0 aromatic carbocycles. The van der Waals surface area contributed by atoms with Gasteiger partial charge < -0.3 is 4.74 Å². The Kier molecular flexibility index (Phi) is 3.82. The van der Waals surface area contributed by atoms with Gasteiger partial charge in [-0.1, -0.05) is 0 Å². The van der Waals surface area contributed by atoms with Crippen molar-refractivity contribution < 1.29 is 13.5 Å². The van der Waals surface area contributed by atoms with E-state index in [4.69, 9.17) is 4.74 Å². The van der Waals surface area contributed by atoms with Gasteiger partial charge >= 0.3 is 0 Å². The molecule has 84 valence electrons. The number of halogens is 2. The Morgan fingerprint density at radius 1 is 1.47 bits per heavy atom. The van der Waals surface area contributed by atoms with Crippen molar-refractivity contribution in [1.29, 1.82) is 0 Å². The monoisotopic (exact) mass is 216 g/mol. The Balaban J connectivity index is 2.98. The van der Waals surface area contributed by atoms with Crippen LogP contribution in [0, 0.1) is 13.8 Å². The molecule has 15 heavy (non-hydrogen) atoms. The molecule has 0 radical (unpaired) electrons. The van der Waals surface area contributed by atoms with Crippen LogP contribution in [0.1, 0.15) is 17.0 Å². The van der Waals surface area contributed by atoms with Crippen LogP contribution >= 0.6 is 0 Å². The number of ether oxygens (including phenoxy) is 1. The summed E-state index contributed by atoms with van der Waals surface area (Å²) in [5.74, 6) is 0. The molecule has 1 rings (SSSR count). The molecule has 5 heteroatoms. The molecule has 0 bridgehead atoms. The molecule has 0 N–H and O–H groups in total. The lowest BCUT2D eigenvalue weighted by atomic mass is 10.2. The third kappa shape index (κ3) is 2.78. The van der Waals surface area contributed by atoms with Crippen LogP contribution in [0.5, 0.6) is 0 Å². The molecule has 0 spiro atoms. The number of nitrogens with zero attached hydrogens (tertiary/aromatic N) is 2. The maximum absolute atomic E-state index is 12.2. The Bertz CT molecular complexity index is 359. The molecular weight excluding hydrogens is 202 g/mol. The van der Waals surface area contributed by atoms with Gasteiger partial charge in [0.2, 0.25) is 0 Å². The van der Waals surface area contributed by atoms with Crippen LogP contribution in [0.2, 0.25) is 0 Å². The second kappa shape index (κ2) is 4.91. The fourth-order valence-corrected chi connectivity index (χ4v) is 1.40. The lowest BCUT2D eigenvalue weighted by Crippen LogP contribution is -2.09.